The highest BCUT2D eigenvalue weighted by Gasteiger charge is 2.40. The SMILES string of the molecule is CC1(OCC(=O)O)CN(c2cnccn2)C1. The minimum Gasteiger partial charge on any atom is -0.480 e. The Morgan fingerprint density at radius 1 is 1.62 bits per heavy atom. The van der Waals surface area contributed by atoms with Gasteiger partial charge in [0.1, 0.15) is 18.0 Å². The molecule has 1 N–H and O–H groups in total. The van der Waals surface area contributed by atoms with Gasteiger partial charge in [-0.25, -0.2) is 9.78 Å². The van der Waals surface area contributed by atoms with Crippen LogP contribution in [0.4, 0.5) is 5.82 Å². The van der Waals surface area contributed by atoms with E-state index in [2.05, 4.69) is 9.97 Å². The van der Waals surface area contributed by atoms with Crippen molar-refractivity contribution < 1.29 is 14.6 Å². The average Bonchev–Trinajstić information content (AvgIpc) is 2.24. The molecule has 1 aromatic rings. The number of carboxylic acid groups (broad SMARTS) is 1. The summed E-state index contributed by atoms with van der Waals surface area (Å²) in [6.07, 6.45) is 4.92. The lowest BCUT2D eigenvalue weighted by atomic mass is 9.96. The molecular formula is C10H13N3O3. The number of aliphatic carboxylic acids is 1. The number of hydrogen-bond donors (Lipinski definition) is 1. The summed E-state index contributed by atoms with van der Waals surface area (Å²) < 4.78 is 5.29. The zero-order valence-electron chi connectivity index (χ0n) is 8.96. The lowest BCUT2D eigenvalue weighted by Crippen LogP contribution is -2.62. The molecule has 0 aromatic carbocycles. The van der Waals surface area contributed by atoms with Gasteiger partial charge in [0.2, 0.25) is 0 Å². The van der Waals surface area contributed by atoms with Crippen LogP contribution in [-0.4, -0.2) is 46.3 Å². The molecule has 0 amide bonds. The minimum atomic E-state index is -0.945. The van der Waals surface area contributed by atoms with E-state index in [1.165, 1.54) is 0 Å². The van der Waals surface area contributed by atoms with Gasteiger partial charge in [0, 0.05) is 12.4 Å². The van der Waals surface area contributed by atoms with Gasteiger partial charge in [-0.2, -0.15) is 0 Å². The van der Waals surface area contributed by atoms with Crippen LogP contribution >= 0.6 is 0 Å². The van der Waals surface area contributed by atoms with E-state index in [1.54, 1.807) is 18.6 Å². The van der Waals surface area contributed by atoms with Crippen LogP contribution in [0.3, 0.4) is 0 Å². The molecule has 1 fully saturated rings. The van der Waals surface area contributed by atoms with Gasteiger partial charge in [0.15, 0.2) is 0 Å². The van der Waals surface area contributed by atoms with E-state index in [-0.39, 0.29) is 6.61 Å². The summed E-state index contributed by atoms with van der Waals surface area (Å²) in [4.78, 5) is 20.5. The topological polar surface area (TPSA) is 75.6 Å². The lowest BCUT2D eigenvalue weighted by molar-refractivity contribution is -0.150. The third-order valence-electron chi connectivity index (χ3n) is 2.47. The van der Waals surface area contributed by atoms with Crippen LogP contribution in [0.15, 0.2) is 18.6 Å². The second-order valence-corrected chi connectivity index (χ2v) is 4.05. The van der Waals surface area contributed by atoms with Crippen molar-refractivity contribution in [3.63, 3.8) is 0 Å². The molecule has 0 radical (unpaired) electrons. The third kappa shape index (κ3) is 2.27. The standard InChI is InChI=1S/C10H13N3O3/c1-10(16-5-9(14)15)6-13(7-10)8-4-11-2-3-12-8/h2-4H,5-7H2,1H3,(H,14,15). The first kappa shape index (κ1) is 10.8. The van der Waals surface area contributed by atoms with Crippen LogP contribution in [0.1, 0.15) is 6.92 Å². The highest BCUT2D eigenvalue weighted by molar-refractivity contribution is 5.68. The molecule has 1 aromatic heterocycles. The molecule has 0 unspecified atom stereocenters. The maximum atomic E-state index is 10.4. The summed E-state index contributed by atoms with van der Waals surface area (Å²) in [5.41, 5.74) is -0.393. The van der Waals surface area contributed by atoms with Crippen molar-refractivity contribution in [2.24, 2.45) is 0 Å². The predicted octanol–water partition coefficient (Wildman–Crippen LogP) is 0.156. The lowest BCUT2D eigenvalue weighted by Gasteiger charge is -2.47. The Balaban J connectivity index is 1.87. The monoisotopic (exact) mass is 223 g/mol. The number of rotatable bonds is 4. The fourth-order valence-corrected chi connectivity index (χ4v) is 1.70. The number of hydrogen-bond acceptors (Lipinski definition) is 5. The van der Waals surface area contributed by atoms with Crippen molar-refractivity contribution in [1.82, 2.24) is 9.97 Å². The summed E-state index contributed by atoms with van der Waals surface area (Å²) in [6, 6.07) is 0. The van der Waals surface area contributed by atoms with Crippen molar-refractivity contribution >= 4 is 11.8 Å². The molecule has 0 spiro atoms. The van der Waals surface area contributed by atoms with Crippen LogP contribution in [0.5, 0.6) is 0 Å². The molecule has 1 aliphatic heterocycles. The van der Waals surface area contributed by atoms with E-state index in [4.69, 9.17) is 9.84 Å². The summed E-state index contributed by atoms with van der Waals surface area (Å²) in [5.74, 6) is -0.155. The second kappa shape index (κ2) is 4.05. The fourth-order valence-electron chi connectivity index (χ4n) is 1.70. The summed E-state index contributed by atoms with van der Waals surface area (Å²) >= 11 is 0. The quantitative estimate of drug-likeness (QED) is 0.783. The Morgan fingerprint density at radius 2 is 2.38 bits per heavy atom. The average molecular weight is 223 g/mol. The Kier molecular flexibility index (Phi) is 2.74. The molecule has 0 atom stereocenters. The predicted molar refractivity (Wildman–Crippen MR) is 56.2 cm³/mol. The maximum absolute atomic E-state index is 10.4. The minimum absolute atomic E-state index is 0.259. The number of anilines is 1. The van der Waals surface area contributed by atoms with E-state index in [0.29, 0.717) is 13.1 Å². The molecular weight excluding hydrogens is 210 g/mol. The largest absolute Gasteiger partial charge is 0.480 e. The number of carboxylic acids is 1. The van der Waals surface area contributed by atoms with Gasteiger partial charge < -0.3 is 14.7 Å². The highest BCUT2D eigenvalue weighted by atomic mass is 16.5. The Hall–Kier alpha value is -1.69. The Bertz CT molecular complexity index is 376. The molecule has 0 aliphatic carbocycles. The summed E-state index contributed by atoms with van der Waals surface area (Å²) in [5, 5.41) is 8.52. The first-order valence-corrected chi connectivity index (χ1v) is 4.96. The Morgan fingerprint density at radius 3 is 2.94 bits per heavy atom. The van der Waals surface area contributed by atoms with E-state index in [1.807, 2.05) is 11.8 Å². The molecule has 6 nitrogen and oxygen atoms in total. The third-order valence-corrected chi connectivity index (χ3v) is 2.47. The zero-order valence-corrected chi connectivity index (χ0v) is 8.96. The van der Waals surface area contributed by atoms with Crippen LogP contribution in [0.25, 0.3) is 0 Å². The van der Waals surface area contributed by atoms with Crippen molar-refractivity contribution in [1.29, 1.82) is 0 Å². The summed E-state index contributed by atoms with van der Waals surface area (Å²) in [7, 11) is 0. The molecule has 1 aliphatic rings. The van der Waals surface area contributed by atoms with Gasteiger partial charge in [-0.05, 0) is 6.92 Å². The Labute approximate surface area is 92.9 Å². The maximum Gasteiger partial charge on any atom is 0.329 e. The normalized spacial score (nSPS) is 17.9. The fraction of sp³-hybridized carbons (Fsp3) is 0.500. The van der Waals surface area contributed by atoms with Crippen molar-refractivity contribution in [3.8, 4) is 0 Å². The smallest absolute Gasteiger partial charge is 0.329 e. The number of aromatic nitrogens is 2. The molecule has 16 heavy (non-hydrogen) atoms. The van der Waals surface area contributed by atoms with E-state index < -0.39 is 11.6 Å². The molecule has 0 saturated carbocycles. The van der Waals surface area contributed by atoms with E-state index in [9.17, 15) is 4.79 Å². The van der Waals surface area contributed by atoms with Crippen LogP contribution in [0.2, 0.25) is 0 Å². The van der Waals surface area contributed by atoms with Crippen LogP contribution in [0, 0.1) is 0 Å². The molecule has 86 valence electrons. The van der Waals surface area contributed by atoms with Gasteiger partial charge in [-0.3, -0.25) is 4.98 Å². The number of carbonyl (C=O) groups is 1. The molecule has 6 heteroatoms. The first-order valence-electron chi connectivity index (χ1n) is 4.96. The summed E-state index contributed by atoms with van der Waals surface area (Å²) in [6.45, 7) is 2.91. The van der Waals surface area contributed by atoms with Crippen LogP contribution < -0.4 is 4.90 Å². The number of ether oxygens (including phenoxy) is 1. The number of nitrogens with zero attached hydrogens (tertiary/aromatic N) is 3. The molecule has 1 saturated heterocycles. The van der Waals surface area contributed by atoms with E-state index >= 15 is 0 Å². The van der Waals surface area contributed by atoms with Gasteiger partial charge in [0.25, 0.3) is 0 Å². The van der Waals surface area contributed by atoms with Crippen molar-refractivity contribution in [2.75, 3.05) is 24.6 Å². The van der Waals surface area contributed by atoms with Gasteiger partial charge in [-0.15, -0.1) is 0 Å². The van der Waals surface area contributed by atoms with Gasteiger partial charge >= 0.3 is 5.97 Å². The molecule has 2 heterocycles. The van der Waals surface area contributed by atoms with Crippen molar-refractivity contribution in [2.45, 2.75) is 12.5 Å². The molecule has 0 bridgehead atoms. The van der Waals surface area contributed by atoms with Gasteiger partial charge in [0.05, 0.1) is 19.3 Å². The van der Waals surface area contributed by atoms with Gasteiger partial charge in [-0.1, -0.05) is 0 Å². The van der Waals surface area contributed by atoms with E-state index in [0.717, 1.165) is 5.82 Å². The second-order valence-electron chi connectivity index (χ2n) is 4.05. The zero-order chi connectivity index (χ0) is 11.6. The van der Waals surface area contributed by atoms with Crippen molar-refractivity contribution in [3.05, 3.63) is 18.6 Å². The highest BCUT2D eigenvalue weighted by Crippen LogP contribution is 2.28. The molecule has 2 rings (SSSR count). The van der Waals surface area contributed by atoms with Crippen LogP contribution in [-0.2, 0) is 9.53 Å². The first-order chi connectivity index (χ1) is 7.59.